The number of benzene rings is 2. The Bertz CT molecular complexity index is 1030. The van der Waals surface area contributed by atoms with Crippen LogP contribution in [-0.2, 0) is 9.53 Å². The number of ether oxygens (including phenoxy) is 1. The molecule has 3 rings (SSSR count). The molecular weight excluding hydrogens is 390 g/mol. The molecule has 0 radical (unpaired) electrons. The number of rotatable bonds is 10. The van der Waals surface area contributed by atoms with Gasteiger partial charge < -0.3 is 4.74 Å². The Kier molecular flexibility index (Phi) is 7.82. The van der Waals surface area contributed by atoms with Crippen molar-refractivity contribution in [3.8, 4) is 0 Å². The molecule has 1 heterocycles. The average Bonchev–Trinajstić information content (AvgIpc) is 2.83. The fourth-order valence-corrected chi connectivity index (χ4v) is 3.24. The monoisotopic (exact) mass is 415 g/mol. The van der Waals surface area contributed by atoms with Gasteiger partial charge in [0, 0.05) is 35.9 Å². The molecule has 0 amide bonds. The normalized spacial score (nSPS) is 11.5. The standard InChI is InChI=1S/C26H25NO4/c1-19(21-11-7-12-22(17-21)25(29)20-9-3-2-4-10-20)24(28)14-5-6-16-31-26(30)23-13-8-15-27-18-23/h2-4,7-13,15,17-19H,5-6,14,16H2,1H3. The first-order valence-corrected chi connectivity index (χ1v) is 10.4. The highest BCUT2D eigenvalue weighted by molar-refractivity contribution is 6.09. The summed E-state index contributed by atoms with van der Waals surface area (Å²) in [7, 11) is 0. The zero-order valence-electron chi connectivity index (χ0n) is 17.5. The summed E-state index contributed by atoms with van der Waals surface area (Å²) in [5.41, 5.74) is 2.44. The van der Waals surface area contributed by atoms with Gasteiger partial charge >= 0.3 is 5.97 Å². The van der Waals surface area contributed by atoms with Crippen LogP contribution in [0, 0.1) is 0 Å². The van der Waals surface area contributed by atoms with E-state index in [0.29, 0.717) is 36.0 Å². The maximum atomic E-state index is 12.7. The number of esters is 1. The zero-order chi connectivity index (χ0) is 22.1. The summed E-state index contributed by atoms with van der Waals surface area (Å²) >= 11 is 0. The van der Waals surface area contributed by atoms with E-state index in [1.807, 2.05) is 37.3 Å². The van der Waals surface area contributed by atoms with Gasteiger partial charge in [-0.2, -0.15) is 0 Å². The Morgan fingerprint density at radius 2 is 1.61 bits per heavy atom. The van der Waals surface area contributed by atoms with Gasteiger partial charge in [0.25, 0.3) is 0 Å². The molecule has 0 saturated heterocycles. The van der Waals surface area contributed by atoms with E-state index >= 15 is 0 Å². The van der Waals surface area contributed by atoms with Crippen molar-refractivity contribution in [1.29, 1.82) is 0 Å². The molecule has 0 bridgehead atoms. The van der Waals surface area contributed by atoms with E-state index in [0.717, 1.165) is 5.56 Å². The molecule has 0 spiro atoms. The van der Waals surface area contributed by atoms with Gasteiger partial charge in [-0.25, -0.2) is 4.79 Å². The highest BCUT2D eigenvalue weighted by Crippen LogP contribution is 2.21. The Balaban J connectivity index is 1.48. The molecule has 0 N–H and O–H groups in total. The summed E-state index contributed by atoms with van der Waals surface area (Å²) < 4.78 is 5.21. The lowest BCUT2D eigenvalue weighted by atomic mass is 9.91. The van der Waals surface area contributed by atoms with Crippen LogP contribution in [0.2, 0.25) is 0 Å². The number of carbonyl (C=O) groups excluding carboxylic acids is 3. The molecule has 5 heteroatoms. The Morgan fingerprint density at radius 1 is 0.871 bits per heavy atom. The molecule has 5 nitrogen and oxygen atoms in total. The topological polar surface area (TPSA) is 73.3 Å². The summed E-state index contributed by atoms with van der Waals surface area (Å²) in [5.74, 6) is -0.672. The minimum absolute atomic E-state index is 0.0578. The molecule has 1 aromatic heterocycles. The number of carbonyl (C=O) groups is 3. The smallest absolute Gasteiger partial charge is 0.339 e. The van der Waals surface area contributed by atoms with E-state index in [4.69, 9.17) is 4.74 Å². The van der Waals surface area contributed by atoms with Crippen molar-refractivity contribution in [1.82, 2.24) is 4.98 Å². The van der Waals surface area contributed by atoms with E-state index in [1.165, 1.54) is 6.20 Å². The third kappa shape index (κ3) is 6.19. The van der Waals surface area contributed by atoms with Gasteiger partial charge in [-0.15, -0.1) is 0 Å². The molecule has 0 aliphatic carbocycles. The SMILES string of the molecule is CC(C(=O)CCCCOC(=O)c1cccnc1)c1cccc(C(=O)c2ccccc2)c1. The fraction of sp³-hybridized carbons (Fsp3) is 0.231. The first-order valence-electron chi connectivity index (χ1n) is 10.4. The molecule has 0 saturated carbocycles. The van der Waals surface area contributed by atoms with Crippen LogP contribution in [0.15, 0.2) is 79.1 Å². The van der Waals surface area contributed by atoms with Crippen molar-refractivity contribution in [3.05, 3.63) is 101 Å². The second-order valence-corrected chi connectivity index (χ2v) is 7.34. The quantitative estimate of drug-likeness (QED) is 0.264. The number of aromatic nitrogens is 1. The predicted octanol–water partition coefficient (Wildman–Crippen LogP) is 5.01. The van der Waals surface area contributed by atoms with E-state index < -0.39 is 5.97 Å². The molecule has 31 heavy (non-hydrogen) atoms. The van der Waals surface area contributed by atoms with Gasteiger partial charge in [0.05, 0.1) is 12.2 Å². The lowest BCUT2D eigenvalue weighted by molar-refractivity contribution is -0.120. The lowest BCUT2D eigenvalue weighted by Crippen LogP contribution is -2.11. The minimum atomic E-state index is -0.410. The average molecular weight is 415 g/mol. The van der Waals surface area contributed by atoms with Crippen molar-refractivity contribution < 1.29 is 19.1 Å². The molecule has 2 aromatic carbocycles. The molecular formula is C26H25NO4. The Hall–Kier alpha value is -3.60. The number of hydrogen-bond acceptors (Lipinski definition) is 5. The van der Waals surface area contributed by atoms with Crippen LogP contribution in [0.5, 0.6) is 0 Å². The van der Waals surface area contributed by atoms with Gasteiger partial charge in [-0.1, -0.05) is 55.5 Å². The van der Waals surface area contributed by atoms with E-state index in [9.17, 15) is 14.4 Å². The summed E-state index contributed by atoms with van der Waals surface area (Å²) in [6.45, 7) is 2.12. The lowest BCUT2D eigenvalue weighted by Gasteiger charge is -2.12. The van der Waals surface area contributed by atoms with Crippen molar-refractivity contribution in [2.24, 2.45) is 0 Å². The summed E-state index contributed by atoms with van der Waals surface area (Å²) in [6, 6.07) is 19.7. The summed E-state index contributed by atoms with van der Waals surface area (Å²) in [6.07, 6.45) is 4.69. The molecule has 0 aliphatic rings. The zero-order valence-corrected chi connectivity index (χ0v) is 17.5. The van der Waals surface area contributed by atoms with E-state index in [1.54, 1.807) is 42.6 Å². The number of pyridine rings is 1. The maximum Gasteiger partial charge on any atom is 0.339 e. The van der Waals surface area contributed by atoms with Crippen molar-refractivity contribution in [3.63, 3.8) is 0 Å². The number of Topliss-reactive ketones (excluding diaryl/α,β-unsaturated/α-hetero) is 1. The number of unbranched alkanes of at least 4 members (excludes halogenated alkanes) is 1. The first-order chi connectivity index (χ1) is 15.1. The largest absolute Gasteiger partial charge is 0.462 e. The summed E-state index contributed by atoms with van der Waals surface area (Å²) in [4.78, 5) is 41.0. The van der Waals surface area contributed by atoms with Gasteiger partial charge in [-0.05, 0) is 36.6 Å². The number of ketones is 2. The van der Waals surface area contributed by atoms with Crippen LogP contribution in [0.4, 0.5) is 0 Å². The first kappa shape index (κ1) is 22.1. The molecule has 0 fully saturated rings. The van der Waals surface area contributed by atoms with Gasteiger partial charge in [-0.3, -0.25) is 14.6 Å². The third-order valence-corrected chi connectivity index (χ3v) is 5.12. The number of nitrogens with zero attached hydrogens (tertiary/aromatic N) is 1. The third-order valence-electron chi connectivity index (χ3n) is 5.12. The molecule has 0 aliphatic heterocycles. The van der Waals surface area contributed by atoms with Crippen molar-refractivity contribution >= 4 is 17.5 Å². The second-order valence-electron chi connectivity index (χ2n) is 7.34. The fourth-order valence-electron chi connectivity index (χ4n) is 3.24. The van der Waals surface area contributed by atoms with Crippen LogP contribution in [0.25, 0.3) is 0 Å². The van der Waals surface area contributed by atoms with Crippen molar-refractivity contribution in [2.45, 2.75) is 32.1 Å². The summed E-state index contributed by atoms with van der Waals surface area (Å²) in [5, 5.41) is 0. The highest BCUT2D eigenvalue weighted by Gasteiger charge is 2.17. The Morgan fingerprint density at radius 3 is 2.35 bits per heavy atom. The molecule has 1 unspecified atom stereocenters. The van der Waals surface area contributed by atoms with Gasteiger partial charge in [0.15, 0.2) is 5.78 Å². The van der Waals surface area contributed by atoms with E-state index in [-0.39, 0.29) is 24.1 Å². The Labute approximate surface area is 182 Å². The molecule has 158 valence electrons. The molecule has 3 aromatic rings. The predicted molar refractivity (Wildman–Crippen MR) is 118 cm³/mol. The second kappa shape index (κ2) is 11.0. The van der Waals surface area contributed by atoms with Crippen LogP contribution >= 0.6 is 0 Å². The van der Waals surface area contributed by atoms with Gasteiger partial charge in [0.2, 0.25) is 0 Å². The van der Waals surface area contributed by atoms with Crippen molar-refractivity contribution in [2.75, 3.05) is 6.61 Å². The van der Waals surface area contributed by atoms with Crippen LogP contribution in [0.3, 0.4) is 0 Å². The maximum absolute atomic E-state index is 12.7. The van der Waals surface area contributed by atoms with Crippen LogP contribution in [-0.4, -0.2) is 29.1 Å². The number of hydrogen-bond donors (Lipinski definition) is 0. The molecule has 1 atom stereocenters. The van der Waals surface area contributed by atoms with Crippen LogP contribution < -0.4 is 0 Å². The highest BCUT2D eigenvalue weighted by atomic mass is 16.5. The van der Waals surface area contributed by atoms with Crippen LogP contribution in [0.1, 0.15) is 63.9 Å². The van der Waals surface area contributed by atoms with E-state index in [2.05, 4.69) is 4.98 Å². The van der Waals surface area contributed by atoms with Gasteiger partial charge in [0.1, 0.15) is 5.78 Å². The minimum Gasteiger partial charge on any atom is -0.462 e.